The topological polar surface area (TPSA) is 62.6 Å². The molecule has 1 atom stereocenters. The molecule has 1 saturated heterocycles. The van der Waals surface area contributed by atoms with Crippen molar-refractivity contribution < 1.29 is 9.21 Å². The molecular formula is C24H26N2O3. The summed E-state index contributed by atoms with van der Waals surface area (Å²) < 4.78 is 5.74. The van der Waals surface area contributed by atoms with Crippen LogP contribution in [0.15, 0.2) is 63.8 Å². The fourth-order valence-electron chi connectivity index (χ4n) is 4.00. The number of hydrogen-bond donors (Lipinski definition) is 1. The SMILES string of the molecule is CCc1ccc2oc(C(=O)NCC(c3ccccc3)N3CCCC3)cc(=O)c2c1. The van der Waals surface area contributed by atoms with E-state index in [-0.39, 0.29) is 23.1 Å². The van der Waals surface area contributed by atoms with E-state index < -0.39 is 0 Å². The van der Waals surface area contributed by atoms with E-state index in [9.17, 15) is 9.59 Å². The monoisotopic (exact) mass is 390 g/mol. The number of carbonyl (C=O) groups excluding carboxylic acids is 1. The lowest BCUT2D eigenvalue weighted by Gasteiger charge is -2.28. The standard InChI is InChI=1S/C24H26N2O3/c1-2-17-10-11-22-19(14-17)21(27)15-23(29-22)24(28)25-16-20(26-12-6-7-13-26)18-8-4-3-5-9-18/h3-5,8-11,14-15,20H,2,6-7,12-13,16H2,1H3,(H,25,28). The molecule has 1 aliphatic heterocycles. The van der Waals surface area contributed by atoms with Gasteiger partial charge in [-0.1, -0.05) is 43.3 Å². The van der Waals surface area contributed by atoms with Gasteiger partial charge in [-0.25, -0.2) is 0 Å². The maximum Gasteiger partial charge on any atom is 0.287 e. The number of nitrogens with zero attached hydrogens (tertiary/aromatic N) is 1. The molecule has 1 aliphatic rings. The van der Waals surface area contributed by atoms with Crippen molar-refractivity contribution >= 4 is 16.9 Å². The summed E-state index contributed by atoms with van der Waals surface area (Å²) in [6.45, 7) is 4.56. The van der Waals surface area contributed by atoms with Crippen molar-refractivity contribution in [2.45, 2.75) is 32.2 Å². The van der Waals surface area contributed by atoms with Crippen LogP contribution >= 0.6 is 0 Å². The molecule has 4 rings (SSSR count). The summed E-state index contributed by atoms with van der Waals surface area (Å²) in [7, 11) is 0. The lowest BCUT2D eigenvalue weighted by molar-refractivity contribution is 0.0910. The van der Waals surface area contributed by atoms with E-state index in [0.29, 0.717) is 17.5 Å². The number of amides is 1. The number of hydrogen-bond acceptors (Lipinski definition) is 4. The third-order valence-electron chi connectivity index (χ3n) is 5.65. The molecular weight excluding hydrogens is 364 g/mol. The molecule has 5 nitrogen and oxygen atoms in total. The minimum absolute atomic E-state index is 0.0555. The maximum atomic E-state index is 12.8. The zero-order valence-corrected chi connectivity index (χ0v) is 16.7. The van der Waals surface area contributed by atoms with Gasteiger partial charge in [0.05, 0.1) is 11.4 Å². The van der Waals surface area contributed by atoms with Crippen molar-refractivity contribution in [2.75, 3.05) is 19.6 Å². The summed E-state index contributed by atoms with van der Waals surface area (Å²) >= 11 is 0. The second-order valence-electron chi connectivity index (χ2n) is 7.54. The lowest BCUT2D eigenvalue weighted by Crippen LogP contribution is -2.37. The fourth-order valence-corrected chi connectivity index (χ4v) is 4.00. The Balaban J connectivity index is 1.54. The molecule has 150 valence electrons. The Morgan fingerprint density at radius 2 is 1.86 bits per heavy atom. The number of benzene rings is 2. The van der Waals surface area contributed by atoms with Crippen LogP contribution in [0.2, 0.25) is 0 Å². The number of likely N-dealkylation sites (tertiary alicyclic amines) is 1. The molecule has 0 bridgehead atoms. The average molecular weight is 390 g/mol. The van der Waals surface area contributed by atoms with Crippen molar-refractivity contribution in [1.29, 1.82) is 0 Å². The van der Waals surface area contributed by atoms with Crippen molar-refractivity contribution in [3.63, 3.8) is 0 Å². The molecule has 2 aromatic carbocycles. The van der Waals surface area contributed by atoms with Crippen LogP contribution in [0.5, 0.6) is 0 Å². The number of rotatable bonds is 6. The lowest BCUT2D eigenvalue weighted by atomic mass is 10.1. The highest BCUT2D eigenvalue weighted by atomic mass is 16.3. The molecule has 0 spiro atoms. The minimum Gasteiger partial charge on any atom is -0.451 e. The van der Waals surface area contributed by atoms with Crippen LogP contribution in [0.4, 0.5) is 0 Å². The van der Waals surface area contributed by atoms with Crippen LogP contribution in [-0.4, -0.2) is 30.4 Å². The third kappa shape index (κ3) is 4.25. The van der Waals surface area contributed by atoms with Crippen molar-refractivity contribution in [1.82, 2.24) is 10.2 Å². The molecule has 0 aliphatic carbocycles. The first-order valence-electron chi connectivity index (χ1n) is 10.3. The molecule has 1 amide bonds. The van der Waals surface area contributed by atoms with E-state index >= 15 is 0 Å². The molecule has 5 heteroatoms. The molecule has 29 heavy (non-hydrogen) atoms. The van der Waals surface area contributed by atoms with E-state index in [2.05, 4.69) is 22.3 Å². The largest absolute Gasteiger partial charge is 0.451 e. The second kappa shape index (κ2) is 8.62. The summed E-state index contributed by atoms with van der Waals surface area (Å²) in [4.78, 5) is 27.6. The van der Waals surface area contributed by atoms with Gasteiger partial charge in [0.2, 0.25) is 0 Å². The Labute approximate surface area is 170 Å². The van der Waals surface area contributed by atoms with Crippen LogP contribution in [0.1, 0.15) is 47.5 Å². The van der Waals surface area contributed by atoms with Gasteiger partial charge in [-0.05, 0) is 55.6 Å². The zero-order valence-electron chi connectivity index (χ0n) is 16.7. The summed E-state index contributed by atoms with van der Waals surface area (Å²) in [6, 6.07) is 17.2. The van der Waals surface area contributed by atoms with Gasteiger partial charge in [0.15, 0.2) is 11.2 Å². The number of aryl methyl sites for hydroxylation is 1. The molecule has 1 N–H and O–H groups in total. The molecule has 2 heterocycles. The van der Waals surface area contributed by atoms with Crippen LogP contribution in [-0.2, 0) is 6.42 Å². The Kier molecular flexibility index (Phi) is 5.76. The van der Waals surface area contributed by atoms with Gasteiger partial charge < -0.3 is 9.73 Å². The van der Waals surface area contributed by atoms with E-state index in [0.717, 1.165) is 25.1 Å². The highest BCUT2D eigenvalue weighted by Gasteiger charge is 2.24. The summed E-state index contributed by atoms with van der Waals surface area (Å²) in [6.07, 6.45) is 3.20. The van der Waals surface area contributed by atoms with E-state index in [1.165, 1.54) is 24.5 Å². The smallest absolute Gasteiger partial charge is 0.287 e. The second-order valence-corrected chi connectivity index (χ2v) is 7.54. The van der Waals surface area contributed by atoms with Gasteiger partial charge in [-0.15, -0.1) is 0 Å². The maximum absolute atomic E-state index is 12.8. The van der Waals surface area contributed by atoms with E-state index in [1.807, 2.05) is 37.3 Å². The van der Waals surface area contributed by atoms with Crippen LogP contribution in [0.3, 0.4) is 0 Å². The molecule has 0 saturated carbocycles. The third-order valence-corrected chi connectivity index (χ3v) is 5.65. The van der Waals surface area contributed by atoms with Crippen LogP contribution in [0.25, 0.3) is 11.0 Å². The molecule has 0 radical (unpaired) electrons. The van der Waals surface area contributed by atoms with Crippen molar-refractivity contribution in [3.05, 3.63) is 81.7 Å². The zero-order chi connectivity index (χ0) is 20.2. The summed E-state index contributed by atoms with van der Waals surface area (Å²) in [5, 5.41) is 3.49. The minimum atomic E-state index is -0.358. The summed E-state index contributed by atoms with van der Waals surface area (Å²) in [5.74, 6) is -0.302. The normalized spacial score (nSPS) is 15.5. The van der Waals surface area contributed by atoms with Gasteiger partial charge in [-0.2, -0.15) is 0 Å². The molecule has 3 aromatic rings. The Bertz CT molecular complexity index is 1050. The first kappa shape index (κ1) is 19.4. The van der Waals surface area contributed by atoms with Crippen LogP contribution in [0, 0.1) is 0 Å². The quantitative estimate of drug-likeness (QED) is 0.693. The Morgan fingerprint density at radius 1 is 1.10 bits per heavy atom. The van der Waals surface area contributed by atoms with Gasteiger partial charge in [0, 0.05) is 12.6 Å². The van der Waals surface area contributed by atoms with Gasteiger partial charge in [0.1, 0.15) is 5.58 Å². The molecule has 1 aromatic heterocycles. The predicted molar refractivity (Wildman–Crippen MR) is 114 cm³/mol. The predicted octanol–water partition coefficient (Wildman–Crippen LogP) is 3.92. The fraction of sp³-hybridized carbons (Fsp3) is 0.333. The first-order chi connectivity index (χ1) is 14.2. The Morgan fingerprint density at radius 3 is 2.59 bits per heavy atom. The first-order valence-corrected chi connectivity index (χ1v) is 10.3. The van der Waals surface area contributed by atoms with Crippen LogP contribution < -0.4 is 10.7 Å². The number of carbonyl (C=O) groups is 1. The highest BCUT2D eigenvalue weighted by Crippen LogP contribution is 2.24. The molecule has 1 fully saturated rings. The Hall–Kier alpha value is -2.92. The van der Waals surface area contributed by atoms with Gasteiger partial charge >= 0.3 is 0 Å². The highest BCUT2D eigenvalue weighted by molar-refractivity contribution is 5.93. The number of fused-ring (bicyclic) bond motifs is 1. The summed E-state index contributed by atoms with van der Waals surface area (Å²) in [5.41, 5.74) is 2.50. The molecule has 1 unspecified atom stereocenters. The van der Waals surface area contributed by atoms with Gasteiger partial charge in [-0.3, -0.25) is 14.5 Å². The van der Waals surface area contributed by atoms with Crippen molar-refractivity contribution in [3.8, 4) is 0 Å². The van der Waals surface area contributed by atoms with E-state index in [4.69, 9.17) is 4.42 Å². The van der Waals surface area contributed by atoms with Gasteiger partial charge in [0.25, 0.3) is 5.91 Å². The average Bonchev–Trinajstić information content (AvgIpc) is 3.29. The van der Waals surface area contributed by atoms with Crippen molar-refractivity contribution in [2.24, 2.45) is 0 Å². The van der Waals surface area contributed by atoms with E-state index in [1.54, 1.807) is 6.07 Å². The number of nitrogens with one attached hydrogen (secondary N) is 1.